The molecule has 2 aromatic rings. The molecule has 1 unspecified atom stereocenters. The molecule has 1 heterocycles. The van der Waals surface area contributed by atoms with Crippen LogP contribution in [0.4, 0.5) is 0 Å². The molecule has 1 atom stereocenters. The van der Waals surface area contributed by atoms with Crippen molar-refractivity contribution in [2.45, 2.75) is 52.0 Å². The largest absolute Gasteiger partial charge is 0.350 e. The van der Waals surface area contributed by atoms with Gasteiger partial charge in [0.15, 0.2) is 0 Å². The van der Waals surface area contributed by atoms with Gasteiger partial charge in [-0.15, -0.1) is 0 Å². The Hall–Kier alpha value is -1.61. The van der Waals surface area contributed by atoms with Crippen LogP contribution in [0.25, 0.3) is 10.9 Å². The summed E-state index contributed by atoms with van der Waals surface area (Å²) >= 11 is 6.56. The highest BCUT2D eigenvalue weighted by Crippen LogP contribution is 2.33. The van der Waals surface area contributed by atoms with Gasteiger partial charge >= 0.3 is 0 Å². The molecule has 0 bridgehead atoms. The highest BCUT2D eigenvalue weighted by molar-refractivity contribution is 6.36. The van der Waals surface area contributed by atoms with Gasteiger partial charge in [0, 0.05) is 22.7 Å². The molecule has 3 nitrogen and oxygen atoms in total. The van der Waals surface area contributed by atoms with Crippen LogP contribution in [-0.4, -0.2) is 16.9 Å². The second-order valence-electron chi connectivity index (χ2n) is 6.07. The monoisotopic (exact) mass is 316 g/mol. The first kappa shape index (κ1) is 15.3. The van der Waals surface area contributed by atoms with Gasteiger partial charge in [-0.3, -0.25) is 9.78 Å². The van der Waals surface area contributed by atoms with Gasteiger partial charge in [0.2, 0.25) is 0 Å². The zero-order chi connectivity index (χ0) is 15.7. The lowest BCUT2D eigenvalue weighted by Gasteiger charge is -2.18. The number of halogens is 1. The Bertz CT molecular complexity index is 727. The van der Waals surface area contributed by atoms with E-state index in [0.717, 1.165) is 47.3 Å². The van der Waals surface area contributed by atoms with E-state index in [9.17, 15) is 4.79 Å². The van der Waals surface area contributed by atoms with Crippen molar-refractivity contribution in [2.75, 3.05) is 0 Å². The zero-order valence-electron chi connectivity index (χ0n) is 13.1. The highest BCUT2D eigenvalue weighted by Gasteiger charge is 2.18. The SMILES string of the molecule is CCC(C)NC(=O)c1ccc2c(Cl)c3c(nc2c1)CCCC3. The van der Waals surface area contributed by atoms with Gasteiger partial charge < -0.3 is 5.32 Å². The molecular weight excluding hydrogens is 296 g/mol. The minimum absolute atomic E-state index is 0.0492. The van der Waals surface area contributed by atoms with Gasteiger partial charge in [-0.1, -0.05) is 24.6 Å². The number of aryl methyl sites for hydroxylation is 1. The lowest BCUT2D eigenvalue weighted by Crippen LogP contribution is -2.31. The number of hydrogen-bond acceptors (Lipinski definition) is 2. The molecule has 1 aliphatic carbocycles. The average molecular weight is 317 g/mol. The zero-order valence-corrected chi connectivity index (χ0v) is 13.8. The second-order valence-corrected chi connectivity index (χ2v) is 6.45. The van der Waals surface area contributed by atoms with Crippen molar-refractivity contribution in [1.29, 1.82) is 0 Å². The van der Waals surface area contributed by atoms with Crippen LogP contribution in [0.1, 0.15) is 54.7 Å². The van der Waals surface area contributed by atoms with Crippen molar-refractivity contribution >= 4 is 28.4 Å². The number of pyridine rings is 1. The Balaban J connectivity index is 2.01. The topological polar surface area (TPSA) is 42.0 Å². The fraction of sp³-hybridized carbons (Fsp3) is 0.444. The third-order valence-corrected chi connectivity index (χ3v) is 4.88. The van der Waals surface area contributed by atoms with Gasteiger partial charge in [-0.05, 0) is 56.7 Å². The number of benzene rings is 1. The van der Waals surface area contributed by atoms with E-state index < -0.39 is 0 Å². The second kappa shape index (κ2) is 6.25. The number of carbonyl (C=O) groups is 1. The summed E-state index contributed by atoms with van der Waals surface area (Å²) in [6.07, 6.45) is 5.24. The quantitative estimate of drug-likeness (QED) is 0.917. The maximum Gasteiger partial charge on any atom is 0.251 e. The fourth-order valence-electron chi connectivity index (χ4n) is 2.92. The number of hydrogen-bond donors (Lipinski definition) is 1. The average Bonchev–Trinajstić information content (AvgIpc) is 2.54. The van der Waals surface area contributed by atoms with Gasteiger partial charge in [0.25, 0.3) is 5.91 Å². The number of carbonyl (C=O) groups excluding carboxylic acids is 1. The smallest absolute Gasteiger partial charge is 0.251 e. The number of fused-ring (bicyclic) bond motifs is 2. The minimum atomic E-state index is -0.0492. The third-order valence-electron chi connectivity index (χ3n) is 4.45. The summed E-state index contributed by atoms with van der Waals surface area (Å²) in [6, 6.07) is 5.78. The van der Waals surface area contributed by atoms with E-state index in [1.807, 2.05) is 25.1 Å². The molecular formula is C18H21ClN2O. The first-order valence-corrected chi connectivity index (χ1v) is 8.39. The molecule has 4 heteroatoms. The summed E-state index contributed by atoms with van der Waals surface area (Å²) in [6.45, 7) is 4.06. The maximum atomic E-state index is 12.3. The first-order valence-electron chi connectivity index (χ1n) is 8.02. The fourth-order valence-corrected chi connectivity index (χ4v) is 3.28. The summed E-state index contributed by atoms with van der Waals surface area (Å²) in [5, 5.41) is 4.75. The summed E-state index contributed by atoms with van der Waals surface area (Å²) < 4.78 is 0. The van der Waals surface area contributed by atoms with E-state index in [1.165, 1.54) is 12.0 Å². The number of rotatable bonds is 3. The summed E-state index contributed by atoms with van der Waals surface area (Å²) in [7, 11) is 0. The van der Waals surface area contributed by atoms with Gasteiger partial charge in [-0.25, -0.2) is 0 Å². The van der Waals surface area contributed by atoms with Crippen LogP contribution in [0.3, 0.4) is 0 Å². The van der Waals surface area contributed by atoms with Gasteiger partial charge in [0.05, 0.1) is 10.5 Å². The molecule has 1 amide bonds. The predicted octanol–water partition coefficient (Wildman–Crippen LogP) is 4.30. The van der Waals surface area contributed by atoms with Crippen LogP contribution in [0.2, 0.25) is 5.02 Å². The third kappa shape index (κ3) is 2.82. The van der Waals surface area contributed by atoms with E-state index in [0.29, 0.717) is 5.56 Å². The molecule has 1 N–H and O–H groups in total. The van der Waals surface area contributed by atoms with Crippen LogP contribution in [0.15, 0.2) is 18.2 Å². The Morgan fingerprint density at radius 3 is 2.91 bits per heavy atom. The standard InChI is InChI=1S/C18H21ClN2O/c1-3-11(2)20-18(22)12-8-9-14-16(10-12)21-15-7-5-4-6-13(15)17(14)19/h8-11H,3-7H2,1-2H3,(H,20,22). The van der Waals surface area contributed by atoms with Crippen LogP contribution in [0.5, 0.6) is 0 Å². The molecule has 1 aromatic heterocycles. The lowest BCUT2D eigenvalue weighted by molar-refractivity contribution is 0.0939. The molecule has 22 heavy (non-hydrogen) atoms. The maximum absolute atomic E-state index is 12.3. The Labute approximate surface area is 136 Å². The summed E-state index contributed by atoms with van der Waals surface area (Å²) in [5.41, 5.74) is 3.76. The molecule has 3 rings (SSSR count). The number of amides is 1. The predicted molar refractivity (Wildman–Crippen MR) is 90.6 cm³/mol. The van der Waals surface area contributed by atoms with Crippen molar-refractivity contribution < 1.29 is 4.79 Å². The Kier molecular flexibility index (Phi) is 4.34. The van der Waals surface area contributed by atoms with Crippen molar-refractivity contribution in [3.63, 3.8) is 0 Å². The van der Waals surface area contributed by atoms with E-state index >= 15 is 0 Å². The first-order chi connectivity index (χ1) is 10.6. The van der Waals surface area contributed by atoms with Crippen LogP contribution in [-0.2, 0) is 12.8 Å². The van der Waals surface area contributed by atoms with Gasteiger partial charge in [-0.2, -0.15) is 0 Å². The van der Waals surface area contributed by atoms with Crippen molar-refractivity contribution in [1.82, 2.24) is 10.3 Å². The van der Waals surface area contributed by atoms with Crippen LogP contribution >= 0.6 is 11.6 Å². The molecule has 0 fully saturated rings. The number of aromatic nitrogens is 1. The molecule has 0 spiro atoms. The molecule has 0 saturated heterocycles. The van der Waals surface area contributed by atoms with Crippen molar-refractivity contribution in [3.05, 3.63) is 40.0 Å². The summed E-state index contributed by atoms with van der Waals surface area (Å²) in [4.78, 5) is 17.0. The normalized spacial score (nSPS) is 15.4. The molecule has 0 saturated carbocycles. The van der Waals surface area contributed by atoms with Gasteiger partial charge in [0.1, 0.15) is 0 Å². The lowest BCUT2D eigenvalue weighted by atomic mass is 9.94. The van der Waals surface area contributed by atoms with Crippen LogP contribution in [0, 0.1) is 0 Å². The highest BCUT2D eigenvalue weighted by atomic mass is 35.5. The molecule has 0 aliphatic heterocycles. The Morgan fingerprint density at radius 2 is 2.14 bits per heavy atom. The summed E-state index contributed by atoms with van der Waals surface area (Å²) in [5.74, 6) is -0.0492. The molecule has 116 valence electrons. The van der Waals surface area contributed by atoms with Crippen molar-refractivity contribution in [2.24, 2.45) is 0 Å². The van der Waals surface area contributed by atoms with E-state index in [-0.39, 0.29) is 11.9 Å². The van der Waals surface area contributed by atoms with E-state index in [4.69, 9.17) is 16.6 Å². The Morgan fingerprint density at radius 1 is 1.36 bits per heavy atom. The van der Waals surface area contributed by atoms with Crippen LogP contribution < -0.4 is 5.32 Å². The van der Waals surface area contributed by atoms with E-state index in [1.54, 1.807) is 0 Å². The number of nitrogens with zero attached hydrogens (tertiary/aromatic N) is 1. The van der Waals surface area contributed by atoms with Crippen molar-refractivity contribution in [3.8, 4) is 0 Å². The number of nitrogens with one attached hydrogen (secondary N) is 1. The molecule has 1 aromatic carbocycles. The molecule has 0 radical (unpaired) electrons. The minimum Gasteiger partial charge on any atom is -0.350 e. The molecule has 1 aliphatic rings. The van der Waals surface area contributed by atoms with E-state index in [2.05, 4.69) is 12.2 Å².